The Morgan fingerprint density at radius 2 is 1.35 bits per heavy atom. The Kier molecular flexibility index (Phi) is 4.97. The van der Waals surface area contributed by atoms with Gasteiger partial charge in [-0.05, 0) is 43.9 Å². The number of aliphatic hydroxyl groups is 1. The summed E-state index contributed by atoms with van der Waals surface area (Å²) in [4.78, 5) is 2.55. The molecule has 0 radical (unpaired) electrons. The van der Waals surface area contributed by atoms with Crippen LogP contribution >= 0.6 is 0 Å². The lowest BCUT2D eigenvalue weighted by Gasteiger charge is -2.35. The zero-order valence-electron chi connectivity index (χ0n) is 15.6. The van der Waals surface area contributed by atoms with E-state index in [4.69, 9.17) is 0 Å². The quantitative estimate of drug-likeness (QED) is 0.811. The Bertz CT molecular complexity index is 695. The predicted octanol–water partition coefficient (Wildman–Crippen LogP) is 4.39. The van der Waals surface area contributed by atoms with E-state index in [0.29, 0.717) is 24.9 Å². The van der Waals surface area contributed by atoms with Crippen molar-refractivity contribution in [1.29, 1.82) is 0 Å². The highest BCUT2D eigenvalue weighted by molar-refractivity contribution is 5.28. The SMILES string of the molecule is CN1[C@@H]2CC[C@H]1CC(=CC(O)(Cc1ccccc1)Cc1ccccc1)C2. The maximum Gasteiger partial charge on any atom is 0.0910 e. The van der Waals surface area contributed by atoms with Crippen molar-refractivity contribution in [2.45, 2.75) is 56.2 Å². The molecule has 0 spiro atoms. The molecule has 0 amide bonds. The monoisotopic (exact) mass is 347 g/mol. The molecular weight excluding hydrogens is 318 g/mol. The van der Waals surface area contributed by atoms with Crippen LogP contribution in [0.1, 0.15) is 36.8 Å². The van der Waals surface area contributed by atoms with Crippen LogP contribution in [-0.2, 0) is 12.8 Å². The van der Waals surface area contributed by atoms with Crippen LogP contribution in [-0.4, -0.2) is 34.7 Å². The summed E-state index contributed by atoms with van der Waals surface area (Å²) in [5.74, 6) is 0. The van der Waals surface area contributed by atoms with E-state index in [-0.39, 0.29) is 0 Å². The molecule has 0 unspecified atom stereocenters. The molecule has 0 aliphatic carbocycles. The van der Waals surface area contributed by atoms with E-state index in [1.807, 2.05) is 12.1 Å². The zero-order chi connectivity index (χ0) is 18.0. The Labute approximate surface area is 157 Å². The van der Waals surface area contributed by atoms with Crippen LogP contribution in [0.3, 0.4) is 0 Å². The van der Waals surface area contributed by atoms with Crippen LogP contribution in [0.15, 0.2) is 72.3 Å². The lowest BCUT2D eigenvalue weighted by Crippen LogP contribution is -2.39. The van der Waals surface area contributed by atoms with Gasteiger partial charge in [0, 0.05) is 24.9 Å². The molecule has 2 nitrogen and oxygen atoms in total. The molecule has 0 aromatic heterocycles. The topological polar surface area (TPSA) is 23.5 Å². The summed E-state index contributed by atoms with van der Waals surface area (Å²) in [6.45, 7) is 0. The molecule has 2 fully saturated rings. The third-order valence-electron chi connectivity index (χ3n) is 6.16. The molecule has 1 N–H and O–H groups in total. The molecule has 2 saturated heterocycles. The van der Waals surface area contributed by atoms with Gasteiger partial charge in [-0.25, -0.2) is 0 Å². The summed E-state index contributed by atoms with van der Waals surface area (Å²) >= 11 is 0. The van der Waals surface area contributed by atoms with Crippen molar-refractivity contribution in [1.82, 2.24) is 4.90 Å². The molecule has 2 aliphatic heterocycles. The van der Waals surface area contributed by atoms with Crippen LogP contribution in [0.25, 0.3) is 0 Å². The maximum atomic E-state index is 11.6. The Hall–Kier alpha value is -1.90. The van der Waals surface area contributed by atoms with Crippen LogP contribution in [0.5, 0.6) is 0 Å². The second-order valence-corrected chi connectivity index (χ2v) is 8.19. The van der Waals surface area contributed by atoms with Crippen molar-refractivity contribution in [3.05, 3.63) is 83.4 Å². The van der Waals surface area contributed by atoms with Gasteiger partial charge in [-0.2, -0.15) is 0 Å². The molecule has 2 aromatic rings. The summed E-state index contributed by atoms with van der Waals surface area (Å²) in [5.41, 5.74) is 3.01. The van der Waals surface area contributed by atoms with Gasteiger partial charge in [-0.3, -0.25) is 4.90 Å². The average Bonchev–Trinajstić information content (AvgIpc) is 2.84. The highest BCUT2D eigenvalue weighted by atomic mass is 16.3. The summed E-state index contributed by atoms with van der Waals surface area (Å²) < 4.78 is 0. The molecule has 2 aliphatic rings. The van der Waals surface area contributed by atoms with Gasteiger partial charge in [0.25, 0.3) is 0 Å². The van der Waals surface area contributed by atoms with Crippen molar-refractivity contribution in [3.8, 4) is 0 Å². The van der Waals surface area contributed by atoms with Crippen molar-refractivity contribution in [2.75, 3.05) is 7.05 Å². The molecule has 2 heteroatoms. The van der Waals surface area contributed by atoms with E-state index in [0.717, 1.165) is 12.8 Å². The minimum Gasteiger partial charge on any atom is -0.385 e. The van der Waals surface area contributed by atoms with E-state index in [9.17, 15) is 5.11 Å². The van der Waals surface area contributed by atoms with Gasteiger partial charge in [0.2, 0.25) is 0 Å². The van der Waals surface area contributed by atoms with Crippen LogP contribution in [0.2, 0.25) is 0 Å². The van der Waals surface area contributed by atoms with Gasteiger partial charge < -0.3 is 5.11 Å². The first kappa shape index (κ1) is 17.5. The third-order valence-corrected chi connectivity index (χ3v) is 6.16. The van der Waals surface area contributed by atoms with Gasteiger partial charge in [-0.1, -0.05) is 72.3 Å². The molecule has 2 bridgehead atoms. The Balaban J connectivity index is 1.61. The van der Waals surface area contributed by atoms with E-state index < -0.39 is 5.60 Å². The zero-order valence-corrected chi connectivity index (χ0v) is 15.6. The van der Waals surface area contributed by atoms with Crippen molar-refractivity contribution < 1.29 is 5.11 Å². The highest BCUT2D eigenvalue weighted by Gasteiger charge is 2.37. The molecule has 136 valence electrons. The summed E-state index contributed by atoms with van der Waals surface area (Å²) in [6.07, 6.45) is 8.36. The largest absolute Gasteiger partial charge is 0.385 e. The molecule has 2 aromatic carbocycles. The normalized spacial score (nSPS) is 24.9. The smallest absolute Gasteiger partial charge is 0.0910 e. The lowest BCUT2D eigenvalue weighted by atomic mass is 9.84. The number of hydrogen-bond donors (Lipinski definition) is 1. The first-order valence-electron chi connectivity index (χ1n) is 9.84. The summed E-state index contributed by atoms with van der Waals surface area (Å²) in [5, 5.41) is 11.6. The standard InChI is InChI=1S/C24H29NO/c1-25-22-12-13-23(25)15-21(14-22)18-24(26,16-19-8-4-2-5-9-19)17-20-10-6-3-7-11-20/h2-11,18,22-23,26H,12-17H2,1H3/t22-,23+. The first-order chi connectivity index (χ1) is 12.6. The number of rotatable bonds is 5. The number of hydrogen-bond acceptors (Lipinski definition) is 2. The van der Waals surface area contributed by atoms with Crippen LogP contribution < -0.4 is 0 Å². The van der Waals surface area contributed by atoms with Crippen LogP contribution in [0.4, 0.5) is 0 Å². The number of fused-ring (bicyclic) bond motifs is 2. The summed E-state index contributed by atoms with van der Waals surface area (Å²) in [6, 6.07) is 22.1. The maximum absolute atomic E-state index is 11.6. The molecule has 4 rings (SSSR count). The van der Waals surface area contributed by atoms with Crippen molar-refractivity contribution in [2.24, 2.45) is 0 Å². The van der Waals surface area contributed by atoms with Gasteiger partial charge in [0.1, 0.15) is 0 Å². The number of nitrogens with zero attached hydrogens (tertiary/aromatic N) is 1. The van der Waals surface area contributed by atoms with E-state index in [1.54, 1.807) is 0 Å². The van der Waals surface area contributed by atoms with E-state index in [1.165, 1.54) is 29.5 Å². The third kappa shape index (κ3) is 3.92. The van der Waals surface area contributed by atoms with Crippen molar-refractivity contribution >= 4 is 0 Å². The van der Waals surface area contributed by atoms with Gasteiger partial charge in [0.15, 0.2) is 0 Å². The Morgan fingerprint density at radius 1 is 0.885 bits per heavy atom. The minimum atomic E-state index is -0.826. The van der Waals surface area contributed by atoms with E-state index >= 15 is 0 Å². The Morgan fingerprint density at radius 3 is 1.81 bits per heavy atom. The fraction of sp³-hybridized carbons (Fsp3) is 0.417. The number of piperidine rings is 1. The molecule has 26 heavy (non-hydrogen) atoms. The van der Waals surface area contributed by atoms with Gasteiger partial charge in [-0.15, -0.1) is 0 Å². The van der Waals surface area contributed by atoms with E-state index in [2.05, 4.69) is 66.6 Å². The molecule has 2 heterocycles. The fourth-order valence-corrected chi connectivity index (χ4v) is 4.83. The first-order valence-corrected chi connectivity index (χ1v) is 9.84. The van der Waals surface area contributed by atoms with Gasteiger partial charge >= 0.3 is 0 Å². The van der Waals surface area contributed by atoms with Crippen LogP contribution in [0, 0.1) is 0 Å². The second kappa shape index (κ2) is 7.38. The predicted molar refractivity (Wildman–Crippen MR) is 107 cm³/mol. The molecule has 2 atom stereocenters. The second-order valence-electron chi connectivity index (χ2n) is 8.19. The average molecular weight is 348 g/mol. The lowest BCUT2D eigenvalue weighted by molar-refractivity contribution is 0.0889. The van der Waals surface area contributed by atoms with Crippen molar-refractivity contribution in [3.63, 3.8) is 0 Å². The molecular formula is C24H29NO. The number of benzene rings is 2. The highest BCUT2D eigenvalue weighted by Crippen LogP contribution is 2.38. The fourth-order valence-electron chi connectivity index (χ4n) is 4.83. The van der Waals surface area contributed by atoms with Gasteiger partial charge in [0.05, 0.1) is 5.60 Å². The minimum absolute atomic E-state index is 0.664. The molecule has 0 saturated carbocycles. The summed E-state index contributed by atoms with van der Waals surface area (Å²) in [7, 11) is 2.26.